The Morgan fingerprint density at radius 2 is 2.26 bits per heavy atom. The van der Waals surface area contributed by atoms with Gasteiger partial charge in [0.15, 0.2) is 5.58 Å². The van der Waals surface area contributed by atoms with E-state index >= 15 is 0 Å². The summed E-state index contributed by atoms with van der Waals surface area (Å²) in [6, 6.07) is 4.50. The van der Waals surface area contributed by atoms with Gasteiger partial charge in [-0.3, -0.25) is 0 Å². The van der Waals surface area contributed by atoms with Crippen LogP contribution in [0.15, 0.2) is 22.6 Å². The SMILES string of the molecule is CC(O)(CO)CNc1nc2ccc(C(=O)O)cc2o1. The van der Waals surface area contributed by atoms with E-state index in [1.54, 1.807) is 0 Å². The number of nitrogens with one attached hydrogen (secondary N) is 1. The lowest BCUT2D eigenvalue weighted by molar-refractivity contribution is 0.0128. The molecule has 7 nitrogen and oxygen atoms in total. The highest BCUT2D eigenvalue weighted by Crippen LogP contribution is 2.20. The van der Waals surface area contributed by atoms with Crippen LogP contribution in [-0.4, -0.2) is 45.0 Å². The quantitative estimate of drug-likeness (QED) is 0.628. The number of rotatable bonds is 5. The normalized spacial score (nSPS) is 14.3. The fourth-order valence-electron chi connectivity index (χ4n) is 1.46. The number of aromatic nitrogens is 1. The van der Waals surface area contributed by atoms with Crippen molar-refractivity contribution < 1.29 is 24.5 Å². The summed E-state index contributed by atoms with van der Waals surface area (Å²) in [5.41, 5.74) is -0.327. The summed E-state index contributed by atoms with van der Waals surface area (Å²) < 4.78 is 5.32. The Morgan fingerprint density at radius 3 is 2.89 bits per heavy atom. The number of hydrogen-bond acceptors (Lipinski definition) is 6. The van der Waals surface area contributed by atoms with Crippen molar-refractivity contribution in [3.63, 3.8) is 0 Å². The molecule has 0 aliphatic rings. The van der Waals surface area contributed by atoms with Crippen LogP contribution in [-0.2, 0) is 0 Å². The van der Waals surface area contributed by atoms with E-state index in [9.17, 15) is 9.90 Å². The molecule has 102 valence electrons. The number of nitrogens with zero attached hydrogens (tertiary/aromatic N) is 1. The average molecular weight is 266 g/mol. The first-order valence-electron chi connectivity index (χ1n) is 5.62. The number of anilines is 1. The average Bonchev–Trinajstić information content (AvgIpc) is 2.78. The second-order valence-electron chi connectivity index (χ2n) is 4.52. The molecule has 0 saturated carbocycles. The number of aliphatic hydroxyl groups excluding tert-OH is 1. The first-order valence-corrected chi connectivity index (χ1v) is 5.62. The standard InChI is InChI=1S/C12H14N2O5/c1-12(18,6-15)5-13-11-14-8-3-2-7(10(16)17)4-9(8)19-11/h2-4,15,18H,5-6H2,1H3,(H,13,14)(H,16,17). The predicted molar refractivity (Wildman–Crippen MR) is 67.2 cm³/mol. The first-order chi connectivity index (χ1) is 8.91. The van der Waals surface area contributed by atoms with Crippen LogP contribution in [0.4, 0.5) is 6.01 Å². The fraction of sp³-hybridized carbons (Fsp3) is 0.333. The Hall–Kier alpha value is -2.12. The highest BCUT2D eigenvalue weighted by molar-refractivity contribution is 5.92. The maximum atomic E-state index is 10.8. The van der Waals surface area contributed by atoms with Crippen LogP contribution >= 0.6 is 0 Å². The summed E-state index contributed by atoms with van der Waals surface area (Å²) in [7, 11) is 0. The Labute approximate surface area is 108 Å². The lowest BCUT2D eigenvalue weighted by Crippen LogP contribution is -2.37. The molecule has 1 aromatic heterocycles. The molecule has 0 aliphatic heterocycles. The second kappa shape index (κ2) is 4.87. The molecule has 0 bridgehead atoms. The number of hydrogen-bond donors (Lipinski definition) is 4. The van der Waals surface area contributed by atoms with Gasteiger partial charge < -0.3 is 25.1 Å². The van der Waals surface area contributed by atoms with Crippen molar-refractivity contribution in [1.29, 1.82) is 0 Å². The minimum absolute atomic E-state index is 0.0576. The topological polar surface area (TPSA) is 116 Å². The molecule has 0 spiro atoms. The Bertz CT molecular complexity index is 605. The van der Waals surface area contributed by atoms with Gasteiger partial charge in [-0.15, -0.1) is 0 Å². The summed E-state index contributed by atoms with van der Waals surface area (Å²) in [5, 5.41) is 30.1. The minimum atomic E-state index is -1.28. The van der Waals surface area contributed by atoms with Crippen molar-refractivity contribution >= 4 is 23.1 Å². The maximum absolute atomic E-state index is 10.8. The molecule has 0 saturated heterocycles. The fourth-order valence-corrected chi connectivity index (χ4v) is 1.46. The summed E-state index contributed by atoms with van der Waals surface area (Å²) in [6.07, 6.45) is 0. The molecule has 4 N–H and O–H groups in total. The molecule has 19 heavy (non-hydrogen) atoms. The first kappa shape index (κ1) is 13.3. The van der Waals surface area contributed by atoms with Gasteiger partial charge in [0, 0.05) is 6.54 Å². The zero-order valence-electron chi connectivity index (χ0n) is 10.3. The number of oxazole rings is 1. The van der Waals surface area contributed by atoms with Gasteiger partial charge in [-0.05, 0) is 25.1 Å². The van der Waals surface area contributed by atoms with Gasteiger partial charge in [0.2, 0.25) is 0 Å². The molecule has 1 atom stereocenters. The second-order valence-corrected chi connectivity index (χ2v) is 4.52. The third kappa shape index (κ3) is 3.01. The highest BCUT2D eigenvalue weighted by atomic mass is 16.4. The third-order valence-corrected chi connectivity index (χ3v) is 2.60. The molecule has 0 radical (unpaired) electrons. The van der Waals surface area contributed by atoms with E-state index in [1.807, 2.05) is 0 Å². The highest BCUT2D eigenvalue weighted by Gasteiger charge is 2.19. The van der Waals surface area contributed by atoms with Crippen LogP contribution < -0.4 is 5.32 Å². The maximum Gasteiger partial charge on any atom is 0.335 e. The van der Waals surface area contributed by atoms with Gasteiger partial charge in [-0.2, -0.15) is 4.98 Å². The summed E-state index contributed by atoms with van der Waals surface area (Å²) in [6.45, 7) is 1.12. The van der Waals surface area contributed by atoms with Crippen LogP contribution in [0.25, 0.3) is 11.1 Å². The van der Waals surface area contributed by atoms with Crippen LogP contribution in [0, 0.1) is 0 Å². The monoisotopic (exact) mass is 266 g/mol. The van der Waals surface area contributed by atoms with Crippen molar-refractivity contribution in [2.75, 3.05) is 18.5 Å². The zero-order chi connectivity index (χ0) is 14.0. The van der Waals surface area contributed by atoms with Crippen LogP contribution in [0.5, 0.6) is 0 Å². The molecule has 1 heterocycles. The smallest absolute Gasteiger partial charge is 0.335 e. The van der Waals surface area contributed by atoms with E-state index in [0.29, 0.717) is 11.1 Å². The van der Waals surface area contributed by atoms with Gasteiger partial charge in [-0.1, -0.05) is 0 Å². The number of fused-ring (bicyclic) bond motifs is 1. The summed E-state index contributed by atoms with van der Waals surface area (Å²) in [5.74, 6) is -1.05. The Balaban J connectivity index is 2.20. The molecule has 1 unspecified atom stereocenters. The minimum Gasteiger partial charge on any atom is -0.478 e. The Kier molecular flexibility index (Phi) is 3.41. The lowest BCUT2D eigenvalue weighted by atomic mass is 10.1. The zero-order valence-corrected chi connectivity index (χ0v) is 10.3. The number of aliphatic hydroxyl groups is 2. The molecule has 1 aromatic carbocycles. The predicted octanol–water partition coefficient (Wildman–Crippen LogP) is 0.681. The van der Waals surface area contributed by atoms with E-state index in [1.165, 1.54) is 25.1 Å². The van der Waals surface area contributed by atoms with E-state index < -0.39 is 18.2 Å². The number of carboxylic acid groups (broad SMARTS) is 1. The van der Waals surface area contributed by atoms with Crippen LogP contribution in [0.2, 0.25) is 0 Å². The molecular formula is C12H14N2O5. The van der Waals surface area contributed by atoms with Crippen LogP contribution in [0.3, 0.4) is 0 Å². The van der Waals surface area contributed by atoms with E-state index in [-0.39, 0.29) is 18.1 Å². The van der Waals surface area contributed by atoms with Gasteiger partial charge >= 0.3 is 5.97 Å². The summed E-state index contributed by atoms with van der Waals surface area (Å²) in [4.78, 5) is 14.9. The van der Waals surface area contributed by atoms with Gasteiger partial charge in [-0.25, -0.2) is 4.79 Å². The van der Waals surface area contributed by atoms with Crippen molar-refractivity contribution in [3.05, 3.63) is 23.8 Å². The van der Waals surface area contributed by atoms with E-state index in [0.717, 1.165) is 0 Å². The van der Waals surface area contributed by atoms with Crippen molar-refractivity contribution in [2.24, 2.45) is 0 Å². The molecule has 2 aromatic rings. The molecule has 7 heteroatoms. The number of aromatic carboxylic acids is 1. The van der Waals surface area contributed by atoms with Gasteiger partial charge in [0.25, 0.3) is 6.01 Å². The number of carbonyl (C=O) groups is 1. The molecule has 0 fully saturated rings. The van der Waals surface area contributed by atoms with E-state index in [4.69, 9.17) is 14.6 Å². The van der Waals surface area contributed by atoms with Crippen molar-refractivity contribution in [2.45, 2.75) is 12.5 Å². The number of carboxylic acids is 1. The molecular weight excluding hydrogens is 252 g/mol. The lowest BCUT2D eigenvalue weighted by Gasteiger charge is -2.19. The van der Waals surface area contributed by atoms with Crippen LogP contribution in [0.1, 0.15) is 17.3 Å². The molecule has 0 amide bonds. The third-order valence-electron chi connectivity index (χ3n) is 2.60. The Morgan fingerprint density at radius 1 is 1.53 bits per heavy atom. The largest absolute Gasteiger partial charge is 0.478 e. The van der Waals surface area contributed by atoms with Gasteiger partial charge in [0.05, 0.1) is 12.2 Å². The van der Waals surface area contributed by atoms with Gasteiger partial charge in [0.1, 0.15) is 11.1 Å². The molecule has 2 rings (SSSR count). The van der Waals surface area contributed by atoms with Crippen molar-refractivity contribution in [1.82, 2.24) is 4.98 Å². The van der Waals surface area contributed by atoms with E-state index in [2.05, 4.69) is 10.3 Å². The number of benzene rings is 1. The molecule has 0 aliphatic carbocycles. The van der Waals surface area contributed by atoms with Crippen molar-refractivity contribution in [3.8, 4) is 0 Å². The summed E-state index contributed by atoms with van der Waals surface area (Å²) >= 11 is 0.